The average Bonchev–Trinajstić information content (AvgIpc) is 2.92. The zero-order chi connectivity index (χ0) is 13.5. The number of rotatable bonds is 2. The van der Waals surface area contributed by atoms with Crippen LogP contribution in [0.4, 0.5) is 0 Å². The van der Waals surface area contributed by atoms with Crippen molar-refractivity contribution in [2.24, 2.45) is 5.92 Å². The largest absolute Gasteiger partial charge is 0.346 e. The monoisotopic (exact) mass is 287 g/mol. The van der Waals surface area contributed by atoms with Crippen LogP contribution in [0.5, 0.6) is 0 Å². The molecule has 3 aliphatic rings. The Morgan fingerprint density at radius 3 is 2.80 bits per heavy atom. The van der Waals surface area contributed by atoms with Gasteiger partial charge in [0, 0.05) is 12.6 Å². The highest BCUT2D eigenvalue weighted by atomic mass is 32.1. The van der Waals surface area contributed by atoms with E-state index in [1.807, 2.05) is 24.3 Å². The van der Waals surface area contributed by atoms with Gasteiger partial charge in [-0.2, -0.15) is 0 Å². The van der Waals surface area contributed by atoms with E-state index in [1.165, 1.54) is 37.3 Å². The normalized spacial score (nSPS) is 28.7. The van der Waals surface area contributed by atoms with Gasteiger partial charge in [-0.1, -0.05) is 12.1 Å². The van der Waals surface area contributed by atoms with E-state index >= 15 is 0 Å². The first-order chi connectivity index (χ1) is 9.79. The Balaban J connectivity index is 1.52. The summed E-state index contributed by atoms with van der Waals surface area (Å²) in [6.45, 7) is 3.39. The molecule has 1 aromatic heterocycles. The standard InChI is InChI=1S/C15H17N3OS/c19-14(15-17-11-3-1-2-4-13(11)20-15)16-12-9-18-7-5-10(12)6-8-18/h1-4,10,12H,5-9H2,(H,16,19)/t12-/m1/s1. The van der Waals surface area contributed by atoms with E-state index in [0.29, 0.717) is 17.0 Å². The third-order valence-corrected chi connectivity index (χ3v) is 5.50. The van der Waals surface area contributed by atoms with Crippen molar-refractivity contribution >= 4 is 27.5 Å². The molecule has 3 saturated heterocycles. The second-order valence-corrected chi connectivity index (χ2v) is 6.74. The molecule has 4 heterocycles. The molecule has 1 N–H and O–H groups in total. The van der Waals surface area contributed by atoms with Crippen LogP contribution in [0.15, 0.2) is 24.3 Å². The first-order valence-corrected chi connectivity index (χ1v) is 8.00. The molecule has 0 saturated carbocycles. The zero-order valence-corrected chi connectivity index (χ0v) is 12.0. The highest BCUT2D eigenvalue weighted by molar-refractivity contribution is 7.20. The minimum atomic E-state index is -0.00931. The lowest BCUT2D eigenvalue weighted by atomic mass is 9.84. The summed E-state index contributed by atoms with van der Waals surface area (Å²) in [7, 11) is 0. The van der Waals surface area contributed by atoms with Crippen LogP contribution in [-0.2, 0) is 0 Å². The van der Waals surface area contributed by atoms with Crippen LogP contribution in [0.25, 0.3) is 10.2 Å². The number of carbonyl (C=O) groups excluding carboxylic acids is 1. The topological polar surface area (TPSA) is 45.2 Å². The van der Waals surface area contributed by atoms with Crippen LogP contribution in [0, 0.1) is 5.92 Å². The van der Waals surface area contributed by atoms with Crippen molar-refractivity contribution in [1.29, 1.82) is 0 Å². The molecule has 1 amide bonds. The van der Waals surface area contributed by atoms with Crippen LogP contribution in [0.1, 0.15) is 22.6 Å². The van der Waals surface area contributed by atoms with Gasteiger partial charge in [0.25, 0.3) is 5.91 Å². The molecule has 2 bridgehead atoms. The number of nitrogens with one attached hydrogen (secondary N) is 1. The van der Waals surface area contributed by atoms with Gasteiger partial charge in [-0.05, 0) is 44.0 Å². The van der Waals surface area contributed by atoms with Crippen LogP contribution in [0.2, 0.25) is 0 Å². The molecule has 0 radical (unpaired) electrons. The summed E-state index contributed by atoms with van der Waals surface area (Å²) < 4.78 is 1.08. The van der Waals surface area contributed by atoms with Crippen molar-refractivity contribution in [3.63, 3.8) is 0 Å². The summed E-state index contributed by atoms with van der Waals surface area (Å²) in [6, 6.07) is 8.21. The minimum absolute atomic E-state index is 0.00931. The van der Waals surface area contributed by atoms with Crippen molar-refractivity contribution in [2.75, 3.05) is 19.6 Å². The number of para-hydroxylation sites is 1. The molecule has 104 valence electrons. The number of amides is 1. The van der Waals surface area contributed by atoms with E-state index in [2.05, 4.69) is 15.2 Å². The number of carbonyl (C=O) groups is 1. The van der Waals surface area contributed by atoms with Crippen molar-refractivity contribution in [3.8, 4) is 0 Å². The van der Waals surface area contributed by atoms with Crippen molar-refractivity contribution in [1.82, 2.24) is 15.2 Å². The van der Waals surface area contributed by atoms with Gasteiger partial charge < -0.3 is 10.2 Å². The Morgan fingerprint density at radius 2 is 2.10 bits per heavy atom. The lowest BCUT2D eigenvalue weighted by Crippen LogP contribution is -2.57. The molecule has 3 aliphatic heterocycles. The molecular formula is C15H17N3OS. The van der Waals surface area contributed by atoms with Crippen molar-refractivity contribution in [2.45, 2.75) is 18.9 Å². The number of benzene rings is 1. The van der Waals surface area contributed by atoms with Gasteiger partial charge >= 0.3 is 0 Å². The Bertz CT molecular complexity index is 612. The van der Waals surface area contributed by atoms with Gasteiger partial charge in [-0.15, -0.1) is 11.3 Å². The molecule has 5 heteroatoms. The Labute approximate surface area is 121 Å². The van der Waals surface area contributed by atoms with Crippen LogP contribution in [-0.4, -0.2) is 41.5 Å². The Kier molecular flexibility index (Phi) is 2.97. The van der Waals surface area contributed by atoms with Gasteiger partial charge in [0.2, 0.25) is 0 Å². The summed E-state index contributed by atoms with van der Waals surface area (Å²) in [4.78, 5) is 19.3. The van der Waals surface area contributed by atoms with E-state index in [4.69, 9.17) is 0 Å². The number of hydrogen-bond donors (Lipinski definition) is 1. The Morgan fingerprint density at radius 1 is 1.30 bits per heavy atom. The molecule has 2 aromatic rings. The molecule has 5 rings (SSSR count). The van der Waals surface area contributed by atoms with E-state index in [-0.39, 0.29) is 5.91 Å². The predicted octanol–water partition coefficient (Wildman–Crippen LogP) is 2.12. The number of thiazole rings is 1. The highest BCUT2D eigenvalue weighted by Gasteiger charge is 2.35. The second-order valence-electron chi connectivity index (χ2n) is 5.70. The van der Waals surface area contributed by atoms with Crippen LogP contribution >= 0.6 is 11.3 Å². The quantitative estimate of drug-likeness (QED) is 0.920. The molecule has 3 fully saturated rings. The lowest BCUT2D eigenvalue weighted by Gasteiger charge is -2.44. The fourth-order valence-corrected chi connectivity index (χ4v) is 4.20. The van der Waals surface area contributed by atoms with Gasteiger partial charge in [-0.3, -0.25) is 4.79 Å². The molecule has 1 aromatic carbocycles. The zero-order valence-electron chi connectivity index (χ0n) is 11.2. The summed E-state index contributed by atoms with van der Waals surface area (Å²) in [6.07, 6.45) is 2.43. The fourth-order valence-electron chi connectivity index (χ4n) is 3.33. The van der Waals surface area contributed by atoms with Gasteiger partial charge in [0.05, 0.1) is 10.2 Å². The van der Waals surface area contributed by atoms with Crippen molar-refractivity contribution < 1.29 is 4.79 Å². The molecule has 4 nitrogen and oxygen atoms in total. The average molecular weight is 287 g/mol. The lowest BCUT2D eigenvalue weighted by molar-refractivity contribution is 0.0620. The smallest absolute Gasteiger partial charge is 0.280 e. The first kappa shape index (κ1) is 12.3. The second kappa shape index (κ2) is 4.82. The molecule has 0 unspecified atom stereocenters. The summed E-state index contributed by atoms with van der Waals surface area (Å²) in [5, 5.41) is 3.78. The maximum atomic E-state index is 12.4. The number of hydrogen-bond acceptors (Lipinski definition) is 4. The SMILES string of the molecule is O=C(N[C@@H]1CN2CCC1CC2)c1nc2ccccc2s1. The molecule has 0 aliphatic carbocycles. The van der Waals surface area contributed by atoms with E-state index in [9.17, 15) is 4.79 Å². The Hall–Kier alpha value is -1.46. The highest BCUT2D eigenvalue weighted by Crippen LogP contribution is 2.28. The maximum absolute atomic E-state index is 12.4. The van der Waals surface area contributed by atoms with Gasteiger partial charge in [0.1, 0.15) is 0 Å². The summed E-state index contributed by atoms with van der Waals surface area (Å²) in [5.41, 5.74) is 0.913. The van der Waals surface area contributed by atoms with Crippen LogP contribution in [0.3, 0.4) is 0 Å². The maximum Gasteiger partial charge on any atom is 0.280 e. The van der Waals surface area contributed by atoms with Crippen LogP contribution < -0.4 is 5.32 Å². The van der Waals surface area contributed by atoms with Crippen molar-refractivity contribution in [3.05, 3.63) is 29.3 Å². The molecule has 1 atom stereocenters. The first-order valence-electron chi connectivity index (χ1n) is 7.18. The molecule has 20 heavy (non-hydrogen) atoms. The van der Waals surface area contributed by atoms with E-state index in [0.717, 1.165) is 16.8 Å². The molecular weight excluding hydrogens is 270 g/mol. The number of fused-ring (bicyclic) bond motifs is 4. The third kappa shape index (κ3) is 2.11. The van der Waals surface area contributed by atoms with Gasteiger partial charge in [-0.25, -0.2) is 4.98 Å². The number of piperidine rings is 3. The number of nitrogens with zero attached hydrogens (tertiary/aromatic N) is 2. The third-order valence-electron chi connectivity index (χ3n) is 4.46. The summed E-state index contributed by atoms with van der Waals surface area (Å²) in [5.74, 6) is 0.642. The fraction of sp³-hybridized carbons (Fsp3) is 0.467. The molecule has 0 spiro atoms. The predicted molar refractivity (Wildman–Crippen MR) is 80.0 cm³/mol. The minimum Gasteiger partial charge on any atom is -0.346 e. The summed E-state index contributed by atoms with van der Waals surface area (Å²) >= 11 is 1.48. The van der Waals surface area contributed by atoms with E-state index < -0.39 is 0 Å². The van der Waals surface area contributed by atoms with E-state index in [1.54, 1.807) is 0 Å². The van der Waals surface area contributed by atoms with Gasteiger partial charge in [0.15, 0.2) is 5.01 Å². The number of aromatic nitrogens is 1.